The zero-order valence-electron chi connectivity index (χ0n) is 11.0. The van der Waals surface area contributed by atoms with Crippen molar-refractivity contribution < 1.29 is 9.53 Å². The van der Waals surface area contributed by atoms with Crippen molar-refractivity contribution in [1.82, 2.24) is 4.90 Å². The summed E-state index contributed by atoms with van der Waals surface area (Å²) in [7, 11) is 0. The average Bonchev–Trinajstić information content (AvgIpc) is 3.22. The summed E-state index contributed by atoms with van der Waals surface area (Å²) in [6, 6.07) is 0.618. The Balaban J connectivity index is 1.42. The van der Waals surface area contributed by atoms with Gasteiger partial charge in [-0.25, -0.2) is 0 Å². The Morgan fingerprint density at radius 1 is 1.06 bits per heavy atom. The fourth-order valence-electron chi connectivity index (χ4n) is 3.95. The van der Waals surface area contributed by atoms with E-state index in [0.717, 1.165) is 43.7 Å². The number of likely N-dealkylation sites (tertiary alicyclic amines) is 1. The smallest absolute Gasteiger partial charge is 0.228 e. The van der Waals surface area contributed by atoms with E-state index in [1.54, 1.807) is 0 Å². The van der Waals surface area contributed by atoms with Gasteiger partial charge in [-0.15, -0.1) is 0 Å². The standard InChI is InChI=1S/C15H23NO2/c17-15(12-2-1-7-18-9-12)16-8-13(10-3-4-10)14(16)11-5-6-11/h10-14H,1-9H2/t12-,13-,14-/m1/s1. The van der Waals surface area contributed by atoms with Gasteiger partial charge in [0.2, 0.25) is 5.91 Å². The molecule has 0 aromatic carbocycles. The van der Waals surface area contributed by atoms with Crippen LogP contribution in [-0.2, 0) is 9.53 Å². The van der Waals surface area contributed by atoms with Crippen molar-refractivity contribution in [3.05, 3.63) is 0 Å². The van der Waals surface area contributed by atoms with E-state index in [9.17, 15) is 4.79 Å². The fraction of sp³-hybridized carbons (Fsp3) is 0.933. The highest BCUT2D eigenvalue weighted by atomic mass is 16.5. The molecule has 100 valence electrons. The molecule has 2 aliphatic heterocycles. The van der Waals surface area contributed by atoms with Crippen LogP contribution in [0.25, 0.3) is 0 Å². The number of hydrogen-bond donors (Lipinski definition) is 0. The highest BCUT2D eigenvalue weighted by Gasteiger charge is 2.55. The number of hydrogen-bond acceptors (Lipinski definition) is 2. The lowest BCUT2D eigenvalue weighted by Crippen LogP contribution is -2.62. The molecule has 4 rings (SSSR count). The van der Waals surface area contributed by atoms with E-state index in [1.807, 2.05) is 0 Å². The molecule has 2 heterocycles. The van der Waals surface area contributed by atoms with E-state index in [1.165, 1.54) is 25.7 Å². The molecule has 0 spiro atoms. The van der Waals surface area contributed by atoms with Crippen molar-refractivity contribution in [3.8, 4) is 0 Å². The molecule has 3 atom stereocenters. The van der Waals surface area contributed by atoms with Gasteiger partial charge in [0, 0.05) is 25.1 Å². The van der Waals surface area contributed by atoms with Gasteiger partial charge in [0.15, 0.2) is 0 Å². The van der Waals surface area contributed by atoms with E-state index < -0.39 is 0 Å². The molecule has 0 N–H and O–H groups in total. The number of ether oxygens (including phenoxy) is 1. The van der Waals surface area contributed by atoms with Crippen LogP contribution in [0.15, 0.2) is 0 Å². The van der Waals surface area contributed by atoms with Gasteiger partial charge in [0.1, 0.15) is 0 Å². The number of nitrogens with zero attached hydrogens (tertiary/aromatic N) is 1. The number of amides is 1. The summed E-state index contributed by atoms with van der Waals surface area (Å²) in [5.74, 6) is 3.23. The van der Waals surface area contributed by atoms with Gasteiger partial charge in [-0.3, -0.25) is 4.79 Å². The molecule has 4 fully saturated rings. The molecule has 0 aromatic heterocycles. The van der Waals surface area contributed by atoms with E-state index in [4.69, 9.17) is 4.74 Å². The van der Waals surface area contributed by atoms with Crippen LogP contribution in [0.4, 0.5) is 0 Å². The van der Waals surface area contributed by atoms with Gasteiger partial charge in [-0.05, 0) is 50.4 Å². The van der Waals surface area contributed by atoms with Crippen molar-refractivity contribution in [3.63, 3.8) is 0 Å². The molecule has 2 aliphatic carbocycles. The Morgan fingerprint density at radius 3 is 2.44 bits per heavy atom. The maximum atomic E-state index is 12.6. The van der Waals surface area contributed by atoms with Crippen LogP contribution in [0.1, 0.15) is 38.5 Å². The minimum atomic E-state index is 0.167. The lowest BCUT2D eigenvalue weighted by atomic mass is 9.80. The topological polar surface area (TPSA) is 29.5 Å². The van der Waals surface area contributed by atoms with Gasteiger partial charge in [0.25, 0.3) is 0 Å². The van der Waals surface area contributed by atoms with E-state index in [-0.39, 0.29) is 5.92 Å². The summed E-state index contributed by atoms with van der Waals surface area (Å²) in [4.78, 5) is 14.8. The third kappa shape index (κ3) is 1.87. The van der Waals surface area contributed by atoms with Gasteiger partial charge < -0.3 is 9.64 Å². The van der Waals surface area contributed by atoms with Crippen LogP contribution in [-0.4, -0.2) is 36.6 Å². The molecule has 3 nitrogen and oxygen atoms in total. The van der Waals surface area contributed by atoms with Crippen molar-refractivity contribution in [1.29, 1.82) is 0 Å². The monoisotopic (exact) mass is 249 g/mol. The quantitative estimate of drug-likeness (QED) is 0.766. The summed E-state index contributed by atoms with van der Waals surface area (Å²) in [6.45, 7) is 2.57. The maximum absolute atomic E-state index is 12.6. The Kier molecular flexibility index (Phi) is 2.65. The molecule has 0 unspecified atom stereocenters. The summed E-state index contributed by atoms with van der Waals surface area (Å²) in [5.41, 5.74) is 0. The first-order valence-electron chi connectivity index (χ1n) is 7.73. The molecule has 4 aliphatic rings. The second kappa shape index (κ2) is 4.22. The molecule has 0 radical (unpaired) electrons. The highest BCUT2D eigenvalue weighted by molar-refractivity contribution is 5.80. The van der Waals surface area contributed by atoms with Crippen molar-refractivity contribution in [2.45, 2.75) is 44.6 Å². The molecule has 2 saturated carbocycles. The molecule has 0 aromatic rings. The molecule has 0 bridgehead atoms. The van der Waals surface area contributed by atoms with E-state index in [2.05, 4.69) is 4.90 Å². The van der Waals surface area contributed by atoms with Crippen LogP contribution in [0, 0.1) is 23.7 Å². The minimum absolute atomic E-state index is 0.167. The summed E-state index contributed by atoms with van der Waals surface area (Å²) < 4.78 is 5.47. The molecular formula is C15H23NO2. The van der Waals surface area contributed by atoms with Crippen LogP contribution in [0.2, 0.25) is 0 Å². The van der Waals surface area contributed by atoms with Crippen molar-refractivity contribution >= 4 is 5.91 Å². The van der Waals surface area contributed by atoms with Gasteiger partial charge in [0.05, 0.1) is 12.5 Å². The predicted octanol–water partition coefficient (Wildman–Crippen LogP) is 2.06. The minimum Gasteiger partial charge on any atom is -0.381 e. The zero-order chi connectivity index (χ0) is 12.1. The normalized spacial score (nSPS) is 40.4. The lowest BCUT2D eigenvalue weighted by molar-refractivity contribution is -0.155. The number of carbonyl (C=O) groups is 1. The Bertz CT molecular complexity index is 342. The fourth-order valence-corrected chi connectivity index (χ4v) is 3.95. The van der Waals surface area contributed by atoms with Gasteiger partial charge >= 0.3 is 0 Å². The van der Waals surface area contributed by atoms with E-state index in [0.29, 0.717) is 18.6 Å². The second-order valence-electron chi connectivity index (χ2n) is 6.73. The van der Waals surface area contributed by atoms with Crippen LogP contribution in [0.5, 0.6) is 0 Å². The first-order valence-corrected chi connectivity index (χ1v) is 7.73. The Morgan fingerprint density at radius 2 is 1.83 bits per heavy atom. The molecule has 2 saturated heterocycles. The highest BCUT2D eigenvalue weighted by Crippen LogP contribution is 2.52. The largest absolute Gasteiger partial charge is 0.381 e. The van der Waals surface area contributed by atoms with Crippen LogP contribution >= 0.6 is 0 Å². The molecule has 18 heavy (non-hydrogen) atoms. The summed E-state index contributed by atoms with van der Waals surface area (Å²) in [6.07, 6.45) is 7.66. The maximum Gasteiger partial charge on any atom is 0.228 e. The van der Waals surface area contributed by atoms with E-state index >= 15 is 0 Å². The molecule has 1 amide bonds. The summed E-state index contributed by atoms with van der Waals surface area (Å²) in [5, 5.41) is 0. The van der Waals surface area contributed by atoms with Gasteiger partial charge in [-0.2, -0.15) is 0 Å². The van der Waals surface area contributed by atoms with Gasteiger partial charge in [-0.1, -0.05) is 0 Å². The van der Waals surface area contributed by atoms with Crippen LogP contribution < -0.4 is 0 Å². The number of carbonyl (C=O) groups excluding carboxylic acids is 1. The average molecular weight is 249 g/mol. The first kappa shape index (κ1) is 11.3. The third-order valence-electron chi connectivity index (χ3n) is 5.33. The summed E-state index contributed by atoms with van der Waals surface area (Å²) >= 11 is 0. The molecular weight excluding hydrogens is 226 g/mol. The first-order chi connectivity index (χ1) is 8.84. The van der Waals surface area contributed by atoms with Crippen molar-refractivity contribution in [2.75, 3.05) is 19.8 Å². The third-order valence-corrected chi connectivity index (χ3v) is 5.33. The molecule has 3 heteroatoms. The second-order valence-corrected chi connectivity index (χ2v) is 6.73. The van der Waals surface area contributed by atoms with Crippen LogP contribution in [0.3, 0.4) is 0 Å². The predicted molar refractivity (Wildman–Crippen MR) is 68.0 cm³/mol. The SMILES string of the molecule is O=C([C@@H]1CCCOC1)N1C[C@H](C2CC2)[C@H]1C1CC1. The van der Waals surface area contributed by atoms with Crippen molar-refractivity contribution in [2.24, 2.45) is 23.7 Å². The zero-order valence-corrected chi connectivity index (χ0v) is 11.0. The Hall–Kier alpha value is -0.570. The lowest BCUT2D eigenvalue weighted by Gasteiger charge is -2.50. The number of rotatable bonds is 3. The Labute approximate surface area is 109 Å².